The van der Waals surface area contributed by atoms with Gasteiger partial charge in [-0.3, -0.25) is 0 Å². The van der Waals surface area contributed by atoms with E-state index in [-0.39, 0.29) is 11.3 Å². The highest BCUT2D eigenvalue weighted by molar-refractivity contribution is 7.89. The van der Waals surface area contributed by atoms with Gasteiger partial charge in [0.25, 0.3) is 0 Å². The summed E-state index contributed by atoms with van der Waals surface area (Å²) < 4.78 is 27.7. The van der Waals surface area contributed by atoms with Gasteiger partial charge in [0.1, 0.15) is 5.82 Å². The molecule has 0 atom stereocenters. The van der Waals surface area contributed by atoms with Crippen molar-refractivity contribution < 1.29 is 8.42 Å². The Morgan fingerprint density at radius 1 is 1.00 bits per heavy atom. The van der Waals surface area contributed by atoms with Gasteiger partial charge in [-0.15, -0.1) is 0 Å². The van der Waals surface area contributed by atoms with Gasteiger partial charge in [0, 0.05) is 19.0 Å². The summed E-state index contributed by atoms with van der Waals surface area (Å²) in [5.41, 5.74) is 3.14. The molecule has 1 aliphatic heterocycles. The Morgan fingerprint density at radius 2 is 1.64 bits per heavy atom. The Hall–Kier alpha value is -2.18. The quantitative estimate of drug-likeness (QED) is 0.711. The number of piperidine rings is 1. The van der Waals surface area contributed by atoms with E-state index in [0.717, 1.165) is 35.3 Å². The van der Waals surface area contributed by atoms with Crippen LogP contribution in [0.1, 0.15) is 50.9 Å². The monoisotopic (exact) mass is 397 g/mol. The average Bonchev–Trinajstić information content (AvgIpc) is 3.12. The SMILES string of the molecule is CC(C)(C)c1ccc(S(=O)(=O)N2CCC(c3nc4ccccc4[nH]3)CC2)cc1. The molecule has 0 amide bonds. The standard InChI is InChI=1S/C22H27N3O2S/c1-22(2,3)17-8-10-18(11-9-17)28(26,27)25-14-12-16(13-15-25)21-23-19-6-4-5-7-20(19)24-21/h4-11,16H,12-15H2,1-3H3,(H,23,24). The van der Waals surface area contributed by atoms with Gasteiger partial charge in [-0.1, -0.05) is 45.0 Å². The molecule has 0 saturated carbocycles. The highest BCUT2D eigenvalue weighted by Crippen LogP contribution is 2.31. The third-order valence-corrected chi connectivity index (χ3v) is 7.52. The van der Waals surface area contributed by atoms with Crippen LogP contribution in [0.5, 0.6) is 0 Å². The van der Waals surface area contributed by atoms with E-state index >= 15 is 0 Å². The molecule has 1 fully saturated rings. The molecule has 28 heavy (non-hydrogen) atoms. The zero-order valence-corrected chi connectivity index (χ0v) is 17.5. The first-order valence-electron chi connectivity index (χ1n) is 9.80. The number of sulfonamides is 1. The van der Waals surface area contributed by atoms with Crippen molar-refractivity contribution in [2.45, 2.75) is 49.8 Å². The molecule has 0 bridgehead atoms. The van der Waals surface area contributed by atoms with Crippen LogP contribution in [0.15, 0.2) is 53.4 Å². The predicted octanol–water partition coefficient (Wildman–Crippen LogP) is 4.43. The number of imidazole rings is 1. The first-order valence-corrected chi connectivity index (χ1v) is 11.2. The maximum Gasteiger partial charge on any atom is 0.243 e. The number of hydrogen-bond acceptors (Lipinski definition) is 3. The minimum Gasteiger partial charge on any atom is -0.342 e. The van der Waals surface area contributed by atoms with Crippen LogP contribution >= 0.6 is 0 Å². The van der Waals surface area contributed by atoms with E-state index in [1.807, 2.05) is 36.4 Å². The van der Waals surface area contributed by atoms with Crippen molar-refractivity contribution in [1.82, 2.24) is 14.3 Å². The van der Waals surface area contributed by atoms with Crippen molar-refractivity contribution in [3.8, 4) is 0 Å². The molecule has 1 aliphatic rings. The number of hydrogen-bond donors (Lipinski definition) is 1. The average molecular weight is 398 g/mol. The molecule has 3 aromatic rings. The Kier molecular flexibility index (Phi) is 4.79. The van der Waals surface area contributed by atoms with Crippen LogP contribution in [0.3, 0.4) is 0 Å². The highest BCUT2D eigenvalue weighted by atomic mass is 32.2. The van der Waals surface area contributed by atoms with Gasteiger partial charge < -0.3 is 4.98 Å². The number of aromatic amines is 1. The molecule has 5 nitrogen and oxygen atoms in total. The molecular formula is C22H27N3O2S. The Bertz CT molecular complexity index is 1040. The van der Waals surface area contributed by atoms with Crippen LogP contribution in [-0.4, -0.2) is 35.8 Å². The van der Waals surface area contributed by atoms with E-state index < -0.39 is 10.0 Å². The number of rotatable bonds is 3. The second kappa shape index (κ2) is 7.01. The molecule has 4 rings (SSSR count). The summed E-state index contributed by atoms with van der Waals surface area (Å²) in [5.74, 6) is 1.23. The number of para-hydroxylation sites is 2. The lowest BCUT2D eigenvalue weighted by molar-refractivity contribution is 0.314. The number of nitrogens with one attached hydrogen (secondary N) is 1. The molecule has 0 aliphatic carbocycles. The summed E-state index contributed by atoms with van der Waals surface area (Å²) in [7, 11) is -3.45. The lowest BCUT2D eigenvalue weighted by Gasteiger charge is -2.30. The summed E-state index contributed by atoms with van der Waals surface area (Å²) >= 11 is 0. The zero-order chi connectivity index (χ0) is 19.9. The van der Waals surface area contributed by atoms with Gasteiger partial charge in [-0.05, 0) is 48.1 Å². The molecule has 6 heteroatoms. The fraction of sp³-hybridized carbons (Fsp3) is 0.409. The number of benzene rings is 2. The summed E-state index contributed by atoms with van der Waals surface area (Å²) in [6.45, 7) is 7.41. The van der Waals surface area contributed by atoms with Crippen LogP contribution in [0.2, 0.25) is 0 Å². The van der Waals surface area contributed by atoms with Crippen LogP contribution in [0.25, 0.3) is 11.0 Å². The Morgan fingerprint density at radius 3 is 2.25 bits per heavy atom. The summed E-state index contributed by atoms with van der Waals surface area (Å²) in [6.07, 6.45) is 1.55. The topological polar surface area (TPSA) is 66.1 Å². The van der Waals surface area contributed by atoms with E-state index in [9.17, 15) is 8.42 Å². The molecular weight excluding hydrogens is 370 g/mol. The normalized spacial score (nSPS) is 17.2. The predicted molar refractivity (Wildman–Crippen MR) is 112 cm³/mol. The molecule has 2 aromatic carbocycles. The van der Waals surface area contributed by atoms with Crippen molar-refractivity contribution in [1.29, 1.82) is 0 Å². The molecule has 1 saturated heterocycles. The third-order valence-electron chi connectivity index (χ3n) is 5.61. The van der Waals surface area contributed by atoms with Crippen LogP contribution in [-0.2, 0) is 15.4 Å². The number of H-pyrrole nitrogens is 1. The minimum atomic E-state index is -3.45. The van der Waals surface area contributed by atoms with Crippen molar-refractivity contribution in [3.05, 3.63) is 59.9 Å². The summed E-state index contributed by atoms with van der Waals surface area (Å²) in [4.78, 5) is 8.46. The molecule has 0 radical (unpaired) electrons. The lowest BCUT2D eigenvalue weighted by atomic mass is 9.87. The van der Waals surface area contributed by atoms with Crippen molar-refractivity contribution in [2.24, 2.45) is 0 Å². The van der Waals surface area contributed by atoms with E-state index in [4.69, 9.17) is 4.98 Å². The summed E-state index contributed by atoms with van der Waals surface area (Å²) in [6, 6.07) is 15.3. The third kappa shape index (κ3) is 3.59. The van der Waals surface area contributed by atoms with Gasteiger partial charge in [0.15, 0.2) is 0 Å². The zero-order valence-electron chi connectivity index (χ0n) is 16.6. The van der Waals surface area contributed by atoms with Gasteiger partial charge >= 0.3 is 0 Å². The Balaban J connectivity index is 1.47. The van der Waals surface area contributed by atoms with Crippen molar-refractivity contribution in [2.75, 3.05) is 13.1 Å². The molecule has 1 N–H and O–H groups in total. The van der Waals surface area contributed by atoms with E-state index in [0.29, 0.717) is 18.0 Å². The molecule has 0 spiro atoms. The molecule has 1 aromatic heterocycles. The number of nitrogens with zero attached hydrogens (tertiary/aromatic N) is 2. The van der Waals surface area contributed by atoms with E-state index in [2.05, 4.69) is 25.8 Å². The lowest BCUT2D eigenvalue weighted by Crippen LogP contribution is -2.38. The molecule has 148 valence electrons. The summed E-state index contributed by atoms with van der Waals surface area (Å²) in [5, 5.41) is 0. The maximum atomic E-state index is 13.0. The van der Waals surface area contributed by atoms with E-state index in [1.54, 1.807) is 16.4 Å². The van der Waals surface area contributed by atoms with Gasteiger partial charge in [-0.25, -0.2) is 13.4 Å². The van der Waals surface area contributed by atoms with Crippen LogP contribution in [0, 0.1) is 0 Å². The van der Waals surface area contributed by atoms with Crippen molar-refractivity contribution in [3.63, 3.8) is 0 Å². The molecule has 0 unspecified atom stereocenters. The van der Waals surface area contributed by atoms with Gasteiger partial charge in [0.05, 0.1) is 15.9 Å². The smallest absolute Gasteiger partial charge is 0.243 e. The van der Waals surface area contributed by atoms with Gasteiger partial charge in [0.2, 0.25) is 10.0 Å². The second-order valence-electron chi connectivity index (χ2n) is 8.59. The number of aromatic nitrogens is 2. The maximum absolute atomic E-state index is 13.0. The van der Waals surface area contributed by atoms with Crippen LogP contribution in [0.4, 0.5) is 0 Å². The fourth-order valence-electron chi connectivity index (χ4n) is 3.81. The van der Waals surface area contributed by atoms with E-state index in [1.165, 1.54) is 0 Å². The van der Waals surface area contributed by atoms with Crippen LogP contribution < -0.4 is 0 Å². The second-order valence-corrected chi connectivity index (χ2v) is 10.5. The Labute approximate surface area is 166 Å². The highest BCUT2D eigenvalue weighted by Gasteiger charge is 2.31. The van der Waals surface area contributed by atoms with Gasteiger partial charge in [-0.2, -0.15) is 4.31 Å². The fourth-order valence-corrected chi connectivity index (χ4v) is 5.28. The molecule has 2 heterocycles. The first-order chi connectivity index (χ1) is 13.2. The van der Waals surface area contributed by atoms with Crippen molar-refractivity contribution >= 4 is 21.1 Å². The first kappa shape index (κ1) is 19.2. The largest absolute Gasteiger partial charge is 0.342 e. The minimum absolute atomic E-state index is 0.00716. The number of fused-ring (bicyclic) bond motifs is 1.